The van der Waals surface area contributed by atoms with Crippen molar-refractivity contribution in [1.29, 1.82) is 0 Å². The Labute approximate surface area is 118 Å². The molecule has 0 radical (unpaired) electrons. The summed E-state index contributed by atoms with van der Waals surface area (Å²) in [5.41, 5.74) is 1.18. The van der Waals surface area contributed by atoms with Gasteiger partial charge >= 0.3 is 0 Å². The number of carbonyl (C=O) groups excluding carboxylic acids is 1. The van der Waals surface area contributed by atoms with Crippen molar-refractivity contribution in [2.75, 3.05) is 13.7 Å². The van der Waals surface area contributed by atoms with Crippen LogP contribution in [-0.2, 0) is 17.8 Å². The number of carbonyl (C=O) groups is 1. The minimum absolute atomic E-state index is 0.0155. The van der Waals surface area contributed by atoms with Crippen molar-refractivity contribution in [1.82, 2.24) is 14.9 Å². The van der Waals surface area contributed by atoms with E-state index in [1.54, 1.807) is 13.3 Å². The van der Waals surface area contributed by atoms with E-state index in [0.717, 1.165) is 24.5 Å². The van der Waals surface area contributed by atoms with E-state index in [1.807, 2.05) is 30.5 Å². The maximum atomic E-state index is 10.9. The summed E-state index contributed by atoms with van der Waals surface area (Å²) in [4.78, 5) is 15.2. The lowest BCUT2D eigenvalue weighted by molar-refractivity contribution is -0.118. The Morgan fingerprint density at radius 2 is 2.10 bits per heavy atom. The fourth-order valence-corrected chi connectivity index (χ4v) is 1.99. The number of amides is 1. The molecular formula is C15H19N3O2. The molecule has 0 bridgehead atoms. The van der Waals surface area contributed by atoms with Gasteiger partial charge in [-0.05, 0) is 17.7 Å². The fourth-order valence-electron chi connectivity index (χ4n) is 1.99. The number of aromatic nitrogens is 2. The van der Waals surface area contributed by atoms with Gasteiger partial charge in [0.1, 0.15) is 11.6 Å². The second-order valence-corrected chi connectivity index (χ2v) is 4.55. The molecule has 0 saturated heterocycles. The molecule has 20 heavy (non-hydrogen) atoms. The number of imidazole rings is 1. The third-order valence-electron chi connectivity index (χ3n) is 3.04. The van der Waals surface area contributed by atoms with Gasteiger partial charge in [-0.3, -0.25) is 4.79 Å². The molecule has 0 unspecified atom stereocenters. The largest absolute Gasteiger partial charge is 0.497 e. The van der Waals surface area contributed by atoms with Gasteiger partial charge in [0.15, 0.2) is 0 Å². The molecule has 1 N–H and O–H groups in total. The zero-order chi connectivity index (χ0) is 14.4. The van der Waals surface area contributed by atoms with Crippen LogP contribution in [0.15, 0.2) is 36.7 Å². The molecule has 1 aromatic carbocycles. The lowest BCUT2D eigenvalue weighted by Gasteiger charge is -2.09. The van der Waals surface area contributed by atoms with Crippen LogP contribution in [-0.4, -0.2) is 29.1 Å². The number of methoxy groups -OCH3 is 1. The zero-order valence-electron chi connectivity index (χ0n) is 11.8. The first-order valence-electron chi connectivity index (χ1n) is 6.56. The van der Waals surface area contributed by atoms with Crippen molar-refractivity contribution in [3.63, 3.8) is 0 Å². The van der Waals surface area contributed by atoms with Gasteiger partial charge in [-0.25, -0.2) is 4.98 Å². The molecule has 5 heteroatoms. The minimum Gasteiger partial charge on any atom is -0.497 e. The summed E-state index contributed by atoms with van der Waals surface area (Å²) in [7, 11) is 1.66. The van der Waals surface area contributed by atoms with Crippen LogP contribution in [0.5, 0.6) is 5.75 Å². The van der Waals surface area contributed by atoms with E-state index in [1.165, 1.54) is 12.5 Å². The summed E-state index contributed by atoms with van der Waals surface area (Å²) in [6.07, 6.45) is 4.46. The van der Waals surface area contributed by atoms with Crippen LogP contribution in [0.4, 0.5) is 0 Å². The minimum atomic E-state index is -0.0155. The number of benzene rings is 1. The van der Waals surface area contributed by atoms with E-state index in [4.69, 9.17) is 4.74 Å². The summed E-state index contributed by atoms with van der Waals surface area (Å²) in [6.45, 7) is 2.89. The topological polar surface area (TPSA) is 56.1 Å². The van der Waals surface area contributed by atoms with Gasteiger partial charge in [0.05, 0.1) is 7.11 Å². The van der Waals surface area contributed by atoms with Gasteiger partial charge in [0, 0.05) is 38.8 Å². The van der Waals surface area contributed by atoms with Crippen molar-refractivity contribution >= 4 is 5.91 Å². The Bertz CT molecular complexity index is 561. The molecule has 0 atom stereocenters. The van der Waals surface area contributed by atoms with Gasteiger partial charge in [-0.1, -0.05) is 12.1 Å². The van der Waals surface area contributed by atoms with Crippen molar-refractivity contribution in [3.8, 4) is 5.75 Å². The quantitative estimate of drug-likeness (QED) is 0.870. The second kappa shape index (κ2) is 6.75. The SMILES string of the molecule is COc1ccc(Cn2ccnc2CCNC(C)=O)cc1. The lowest BCUT2D eigenvalue weighted by Crippen LogP contribution is -2.23. The Balaban J connectivity index is 1.98. The molecular weight excluding hydrogens is 254 g/mol. The summed E-state index contributed by atoms with van der Waals surface area (Å²) in [5, 5.41) is 2.78. The zero-order valence-corrected chi connectivity index (χ0v) is 11.8. The van der Waals surface area contributed by atoms with Crippen LogP contribution in [0.2, 0.25) is 0 Å². The Morgan fingerprint density at radius 1 is 1.35 bits per heavy atom. The monoisotopic (exact) mass is 273 g/mol. The van der Waals surface area contributed by atoms with Crippen molar-refractivity contribution in [2.45, 2.75) is 19.9 Å². The summed E-state index contributed by atoms with van der Waals surface area (Å²) in [5.74, 6) is 1.80. The highest BCUT2D eigenvalue weighted by Crippen LogP contribution is 2.13. The normalized spacial score (nSPS) is 10.3. The average Bonchev–Trinajstić information content (AvgIpc) is 2.87. The first-order chi connectivity index (χ1) is 9.69. The smallest absolute Gasteiger partial charge is 0.216 e. The second-order valence-electron chi connectivity index (χ2n) is 4.55. The highest BCUT2D eigenvalue weighted by atomic mass is 16.5. The fraction of sp³-hybridized carbons (Fsp3) is 0.333. The maximum absolute atomic E-state index is 10.9. The molecule has 0 saturated carbocycles. The molecule has 0 aliphatic rings. The highest BCUT2D eigenvalue weighted by molar-refractivity contribution is 5.72. The Hall–Kier alpha value is -2.30. The molecule has 106 valence electrons. The first-order valence-corrected chi connectivity index (χ1v) is 6.56. The van der Waals surface area contributed by atoms with E-state index >= 15 is 0 Å². The van der Waals surface area contributed by atoms with Crippen LogP contribution in [0, 0.1) is 0 Å². The van der Waals surface area contributed by atoms with Crippen molar-refractivity contribution in [2.24, 2.45) is 0 Å². The molecule has 2 aromatic rings. The first kappa shape index (κ1) is 14.1. The molecule has 1 amide bonds. The van der Waals surface area contributed by atoms with Crippen LogP contribution in [0.25, 0.3) is 0 Å². The van der Waals surface area contributed by atoms with Crippen molar-refractivity contribution < 1.29 is 9.53 Å². The number of hydrogen-bond donors (Lipinski definition) is 1. The van der Waals surface area contributed by atoms with Crippen LogP contribution >= 0.6 is 0 Å². The summed E-state index contributed by atoms with van der Waals surface area (Å²) >= 11 is 0. The van der Waals surface area contributed by atoms with Crippen molar-refractivity contribution in [3.05, 3.63) is 48.0 Å². The third-order valence-corrected chi connectivity index (χ3v) is 3.04. The van der Waals surface area contributed by atoms with Crippen LogP contribution in [0.3, 0.4) is 0 Å². The molecule has 1 heterocycles. The standard InChI is InChI=1S/C15H19N3O2/c1-12(19)16-8-7-15-17-9-10-18(15)11-13-3-5-14(20-2)6-4-13/h3-6,9-10H,7-8,11H2,1-2H3,(H,16,19). The molecule has 0 fully saturated rings. The highest BCUT2D eigenvalue weighted by Gasteiger charge is 2.04. The summed E-state index contributed by atoms with van der Waals surface area (Å²) < 4.78 is 7.23. The van der Waals surface area contributed by atoms with E-state index in [9.17, 15) is 4.79 Å². The van der Waals surface area contributed by atoms with Gasteiger partial charge in [0.2, 0.25) is 5.91 Å². The van der Waals surface area contributed by atoms with E-state index in [-0.39, 0.29) is 5.91 Å². The van der Waals surface area contributed by atoms with E-state index in [0.29, 0.717) is 6.54 Å². The Morgan fingerprint density at radius 3 is 2.75 bits per heavy atom. The van der Waals surface area contributed by atoms with Gasteiger partial charge in [-0.15, -0.1) is 0 Å². The molecule has 5 nitrogen and oxygen atoms in total. The van der Waals surface area contributed by atoms with Crippen LogP contribution in [0.1, 0.15) is 18.3 Å². The number of ether oxygens (including phenoxy) is 1. The Kier molecular flexibility index (Phi) is 4.76. The van der Waals surface area contributed by atoms with Gasteiger partial charge in [-0.2, -0.15) is 0 Å². The molecule has 0 spiro atoms. The predicted molar refractivity (Wildman–Crippen MR) is 76.7 cm³/mol. The van der Waals surface area contributed by atoms with Gasteiger partial charge in [0.25, 0.3) is 0 Å². The molecule has 2 rings (SSSR count). The molecule has 0 aliphatic carbocycles. The number of nitrogens with one attached hydrogen (secondary N) is 1. The molecule has 0 aliphatic heterocycles. The predicted octanol–water partition coefficient (Wildman–Crippen LogP) is 1.62. The number of nitrogens with zero attached hydrogens (tertiary/aromatic N) is 2. The third kappa shape index (κ3) is 3.85. The average molecular weight is 273 g/mol. The number of hydrogen-bond acceptors (Lipinski definition) is 3. The summed E-state index contributed by atoms with van der Waals surface area (Å²) in [6, 6.07) is 7.97. The van der Waals surface area contributed by atoms with E-state index < -0.39 is 0 Å². The van der Waals surface area contributed by atoms with E-state index in [2.05, 4.69) is 14.9 Å². The molecule has 1 aromatic heterocycles. The lowest BCUT2D eigenvalue weighted by atomic mass is 10.2. The number of rotatable bonds is 6. The maximum Gasteiger partial charge on any atom is 0.216 e. The van der Waals surface area contributed by atoms with Crippen LogP contribution < -0.4 is 10.1 Å². The van der Waals surface area contributed by atoms with Gasteiger partial charge < -0.3 is 14.6 Å².